The van der Waals surface area contributed by atoms with Gasteiger partial charge in [0, 0.05) is 22.8 Å². The molecular formula is C17H14ClN3O2S. The first-order valence-electron chi connectivity index (χ1n) is 7.23. The van der Waals surface area contributed by atoms with Crippen LogP contribution in [-0.2, 0) is 4.74 Å². The van der Waals surface area contributed by atoms with Gasteiger partial charge in [-0.25, -0.2) is 9.78 Å². The Kier molecular flexibility index (Phi) is 5.40. The molecule has 1 N–H and O–H groups in total. The maximum absolute atomic E-state index is 11.6. The highest BCUT2D eigenvalue weighted by Crippen LogP contribution is 2.28. The molecule has 0 aliphatic heterocycles. The predicted octanol–water partition coefficient (Wildman–Crippen LogP) is 4.66. The second-order valence-electron chi connectivity index (χ2n) is 4.78. The molecule has 3 rings (SSSR count). The smallest absolute Gasteiger partial charge is 0.411 e. The summed E-state index contributed by atoms with van der Waals surface area (Å²) in [6.45, 7) is 0.173. The molecule has 0 atom stereocenters. The molecule has 0 aliphatic rings. The van der Waals surface area contributed by atoms with E-state index in [1.165, 1.54) is 11.3 Å². The summed E-state index contributed by atoms with van der Waals surface area (Å²) >= 11 is 7.02. The lowest BCUT2D eigenvalue weighted by molar-refractivity contribution is 0.168. The predicted molar refractivity (Wildman–Crippen MR) is 96.5 cm³/mol. The minimum Gasteiger partial charge on any atom is -0.448 e. The number of hydrogen-bond acceptors (Lipinski definition) is 5. The lowest BCUT2D eigenvalue weighted by Gasteiger charge is -2.06. The number of thiazole rings is 1. The summed E-state index contributed by atoms with van der Waals surface area (Å²) < 4.78 is 4.90. The average molecular weight is 360 g/mol. The third-order valence-corrected chi connectivity index (χ3v) is 4.12. The van der Waals surface area contributed by atoms with Gasteiger partial charge in [-0.3, -0.25) is 10.3 Å². The first kappa shape index (κ1) is 16.4. The van der Waals surface area contributed by atoms with Gasteiger partial charge >= 0.3 is 6.09 Å². The molecule has 7 heteroatoms. The number of hydrogen-bond donors (Lipinski definition) is 1. The van der Waals surface area contributed by atoms with Crippen LogP contribution in [0.1, 0.15) is 0 Å². The van der Waals surface area contributed by atoms with E-state index in [4.69, 9.17) is 16.3 Å². The van der Waals surface area contributed by atoms with E-state index in [-0.39, 0.29) is 12.5 Å². The van der Waals surface area contributed by atoms with Gasteiger partial charge in [-0.1, -0.05) is 18.2 Å². The molecule has 0 saturated heterocycles. The van der Waals surface area contributed by atoms with Crippen molar-refractivity contribution in [2.24, 2.45) is 0 Å². The van der Waals surface area contributed by atoms with Crippen LogP contribution in [0.15, 0.2) is 54.0 Å². The molecule has 3 aromatic rings. The van der Waals surface area contributed by atoms with Gasteiger partial charge in [-0.05, 0) is 24.3 Å². The number of benzene rings is 1. The van der Waals surface area contributed by atoms with Crippen molar-refractivity contribution in [3.8, 4) is 22.0 Å². The monoisotopic (exact) mass is 359 g/mol. The zero-order chi connectivity index (χ0) is 16.8. The Labute approximate surface area is 148 Å². The van der Waals surface area contributed by atoms with Crippen molar-refractivity contribution in [2.75, 3.05) is 17.8 Å². The topological polar surface area (TPSA) is 64.1 Å². The van der Waals surface area contributed by atoms with E-state index >= 15 is 0 Å². The normalized spacial score (nSPS) is 10.4. The number of ether oxygens (including phenoxy) is 1. The minimum absolute atomic E-state index is 0.173. The minimum atomic E-state index is -0.528. The second-order valence-corrected chi connectivity index (χ2v) is 6.02. The van der Waals surface area contributed by atoms with Gasteiger partial charge in [-0.2, -0.15) is 0 Å². The maximum Gasteiger partial charge on any atom is 0.411 e. The number of anilines is 1. The third-order valence-electron chi connectivity index (χ3n) is 3.10. The van der Waals surface area contributed by atoms with Crippen LogP contribution in [0, 0.1) is 0 Å². The molecule has 0 aliphatic carbocycles. The van der Waals surface area contributed by atoms with E-state index in [1.807, 2.05) is 41.8 Å². The Morgan fingerprint density at radius 1 is 1.21 bits per heavy atom. The van der Waals surface area contributed by atoms with Crippen LogP contribution in [0.2, 0.25) is 0 Å². The molecular weight excluding hydrogens is 346 g/mol. The molecule has 0 saturated carbocycles. The number of nitrogens with zero attached hydrogens (tertiary/aromatic N) is 2. The quantitative estimate of drug-likeness (QED) is 0.673. The Balaban J connectivity index is 1.77. The van der Waals surface area contributed by atoms with Gasteiger partial charge in [0.05, 0.1) is 17.3 Å². The van der Waals surface area contributed by atoms with Gasteiger partial charge < -0.3 is 4.74 Å². The first-order chi connectivity index (χ1) is 11.8. The number of carbonyl (C=O) groups is 1. The van der Waals surface area contributed by atoms with Crippen LogP contribution < -0.4 is 5.32 Å². The fourth-order valence-corrected chi connectivity index (χ4v) is 2.94. The van der Waals surface area contributed by atoms with E-state index in [1.54, 1.807) is 12.3 Å². The lowest BCUT2D eigenvalue weighted by Crippen LogP contribution is -2.14. The van der Waals surface area contributed by atoms with Gasteiger partial charge in [0.25, 0.3) is 0 Å². The highest BCUT2D eigenvalue weighted by molar-refractivity contribution is 7.13. The molecule has 1 amide bonds. The van der Waals surface area contributed by atoms with E-state index in [0.29, 0.717) is 5.69 Å². The molecule has 0 spiro atoms. The largest absolute Gasteiger partial charge is 0.448 e. The molecule has 2 aromatic heterocycles. The number of halogens is 1. The summed E-state index contributed by atoms with van der Waals surface area (Å²) in [5, 5.41) is 5.49. The fourth-order valence-electron chi connectivity index (χ4n) is 2.05. The molecule has 24 heavy (non-hydrogen) atoms. The van der Waals surface area contributed by atoms with E-state index in [9.17, 15) is 4.79 Å². The summed E-state index contributed by atoms with van der Waals surface area (Å²) in [6.07, 6.45) is 1.22. The van der Waals surface area contributed by atoms with Crippen LogP contribution in [0.3, 0.4) is 0 Å². The van der Waals surface area contributed by atoms with Gasteiger partial charge in [-0.15, -0.1) is 22.9 Å². The summed E-state index contributed by atoms with van der Waals surface area (Å²) in [4.78, 5) is 20.5. The van der Waals surface area contributed by atoms with Crippen LogP contribution in [0.25, 0.3) is 22.0 Å². The molecule has 0 unspecified atom stereocenters. The number of rotatable bonds is 5. The fraction of sp³-hybridized carbons (Fsp3) is 0.118. The van der Waals surface area contributed by atoms with Crippen molar-refractivity contribution in [3.63, 3.8) is 0 Å². The first-order valence-corrected chi connectivity index (χ1v) is 8.65. The zero-order valence-corrected chi connectivity index (χ0v) is 14.2. The summed E-state index contributed by atoms with van der Waals surface area (Å²) in [5.41, 5.74) is 3.22. The maximum atomic E-state index is 11.6. The number of carbonyl (C=O) groups excluding carboxylic acids is 1. The number of amides is 1. The summed E-state index contributed by atoms with van der Waals surface area (Å²) in [6, 6.07) is 13.2. The number of alkyl halides is 1. The van der Waals surface area contributed by atoms with Crippen LogP contribution in [-0.4, -0.2) is 28.5 Å². The highest BCUT2D eigenvalue weighted by atomic mass is 35.5. The Morgan fingerprint density at radius 3 is 2.92 bits per heavy atom. The van der Waals surface area contributed by atoms with Gasteiger partial charge in [0.1, 0.15) is 11.6 Å². The Morgan fingerprint density at radius 2 is 2.12 bits per heavy atom. The van der Waals surface area contributed by atoms with Gasteiger partial charge in [0.2, 0.25) is 0 Å². The third kappa shape index (κ3) is 4.10. The van der Waals surface area contributed by atoms with Crippen molar-refractivity contribution in [2.45, 2.75) is 0 Å². The highest BCUT2D eigenvalue weighted by Gasteiger charge is 2.09. The lowest BCUT2D eigenvalue weighted by atomic mass is 10.1. The molecule has 1 aromatic carbocycles. The van der Waals surface area contributed by atoms with Gasteiger partial charge in [0.15, 0.2) is 0 Å². The van der Waals surface area contributed by atoms with Crippen molar-refractivity contribution >= 4 is 34.7 Å². The van der Waals surface area contributed by atoms with Crippen LogP contribution >= 0.6 is 22.9 Å². The number of aromatic nitrogens is 2. The van der Waals surface area contributed by atoms with Crippen molar-refractivity contribution < 1.29 is 9.53 Å². The molecule has 0 bridgehead atoms. The van der Waals surface area contributed by atoms with Crippen LogP contribution in [0.5, 0.6) is 0 Å². The van der Waals surface area contributed by atoms with E-state index in [0.717, 1.165) is 22.0 Å². The summed E-state index contributed by atoms with van der Waals surface area (Å²) in [5.74, 6) is 0.266. The van der Waals surface area contributed by atoms with E-state index in [2.05, 4.69) is 15.3 Å². The Bertz CT molecular complexity index is 823. The molecule has 122 valence electrons. The standard InChI is InChI=1S/C17H14ClN3O2S/c18-7-9-23-17(22)20-13-5-3-4-12(10-13)15-11-24-16(21-15)14-6-1-2-8-19-14/h1-6,8,10-11H,7,9H2,(H,20,22). The van der Waals surface area contributed by atoms with Crippen LogP contribution in [0.4, 0.5) is 10.5 Å². The van der Waals surface area contributed by atoms with Crippen molar-refractivity contribution in [1.82, 2.24) is 9.97 Å². The molecule has 5 nitrogen and oxygen atoms in total. The number of pyridine rings is 1. The van der Waals surface area contributed by atoms with E-state index < -0.39 is 6.09 Å². The molecule has 0 radical (unpaired) electrons. The summed E-state index contributed by atoms with van der Waals surface area (Å²) in [7, 11) is 0. The SMILES string of the molecule is O=C(Nc1cccc(-c2csc(-c3ccccn3)n2)c1)OCCCl. The molecule has 2 heterocycles. The Hall–Kier alpha value is -2.44. The zero-order valence-electron chi connectivity index (χ0n) is 12.6. The van der Waals surface area contributed by atoms with Crippen molar-refractivity contribution in [3.05, 3.63) is 54.0 Å². The number of nitrogens with one attached hydrogen (secondary N) is 1. The molecule has 0 fully saturated rings. The average Bonchev–Trinajstić information content (AvgIpc) is 3.11. The second kappa shape index (κ2) is 7.90. The van der Waals surface area contributed by atoms with Crippen molar-refractivity contribution in [1.29, 1.82) is 0 Å².